The van der Waals surface area contributed by atoms with E-state index in [1.165, 1.54) is 50.0 Å². The number of methoxy groups -OCH3 is 2. The molecule has 0 bridgehead atoms. The van der Waals surface area contributed by atoms with Crippen LogP contribution in [0, 0.1) is 12.8 Å². The minimum absolute atomic E-state index is 0. The molecule has 1 aromatic rings. The van der Waals surface area contributed by atoms with Crippen LogP contribution < -0.4 is 14.8 Å². The highest BCUT2D eigenvalue weighted by Crippen LogP contribution is 2.30. The third-order valence-electron chi connectivity index (χ3n) is 5.90. The second-order valence-corrected chi connectivity index (χ2v) is 7.89. The Labute approximate surface area is 200 Å². The van der Waals surface area contributed by atoms with Gasteiger partial charge in [0.25, 0.3) is 0 Å². The fraction of sp³-hybridized carbons (Fsp3) is 0.696. The fourth-order valence-electron chi connectivity index (χ4n) is 3.94. The van der Waals surface area contributed by atoms with E-state index < -0.39 is 0 Å². The molecule has 0 aromatic heterocycles. The van der Waals surface area contributed by atoms with Gasteiger partial charge < -0.3 is 24.6 Å². The van der Waals surface area contributed by atoms with Gasteiger partial charge in [0.15, 0.2) is 17.5 Å². The number of nitrogens with zero attached hydrogens (tertiary/aromatic N) is 3. The van der Waals surface area contributed by atoms with Gasteiger partial charge in [-0.25, -0.2) is 0 Å². The van der Waals surface area contributed by atoms with Gasteiger partial charge in [-0.1, -0.05) is 6.92 Å². The van der Waals surface area contributed by atoms with Crippen molar-refractivity contribution in [1.82, 2.24) is 15.1 Å². The van der Waals surface area contributed by atoms with Gasteiger partial charge in [-0.05, 0) is 81.9 Å². The number of rotatable bonds is 9. The molecule has 0 aliphatic carbocycles. The van der Waals surface area contributed by atoms with E-state index in [9.17, 15) is 0 Å². The van der Waals surface area contributed by atoms with E-state index in [-0.39, 0.29) is 24.0 Å². The van der Waals surface area contributed by atoms with Crippen LogP contribution in [0.25, 0.3) is 0 Å². The van der Waals surface area contributed by atoms with Gasteiger partial charge in [-0.3, -0.25) is 4.99 Å². The van der Waals surface area contributed by atoms with Crippen molar-refractivity contribution in [3.63, 3.8) is 0 Å². The summed E-state index contributed by atoms with van der Waals surface area (Å²) in [4.78, 5) is 9.65. The van der Waals surface area contributed by atoms with Gasteiger partial charge in [0.2, 0.25) is 0 Å². The summed E-state index contributed by atoms with van der Waals surface area (Å²) in [5, 5.41) is 3.44. The van der Waals surface area contributed by atoms with Gasteiger partial charge in [0, 0.05) is 26.7 Å². The molecule has 1 aliphatic rings. The third-order valence-corrected chi connectivity index (χ3v) is 5.90. The lowest BCUT2D eigenvalue weighted by atomic mass is 9.94. The Balaban J connectivity index is 0.00000450. The zero-order chi connectivity index (χ0) is 21.2. The van der Waals surface area contributed by atoms with E-state index in [1.807, 2.05) is 6.07 Å². The lowest BCUT2D eigenvalue weighted by molar-refractivity contribution is 0.188. The standard InChI is InChI=1S/C23H40N4O2.HI/c1-7-24-23(25-12-9-19-10-13-27(8-2)14-11-19)26(4)17-20-16-22(29-6)21(28-5)15-18(20)3;/h15-16,19H,7-14,17H2,1-6H3,(H,24,25);1H. The summed E-state index contributed by atoms with van der Waals surface area (Å²) in [6, 6.07) is 4.10. The highest BCUT2D eigenvalue weighted by molar-refractivity contribution is 14.0. The van der Waals surface area contributed by atoms with Crippen molar-refractivity contribution in [2.45, 2.75) is 46.6 Å². The monoisotopic (exact) mass is 532 g/mol. The number of aryl methyl sites for hydroxylation is 1. The number of ether oxygens (including phenoxy) is 2. The van der Waals surface area contributed by atoms with E-state index in [1.54, 1.807) is 14.2 Å². The van der Waals surface area contributed by atoms with E-state index in [4.69, 9.17) is 14.5 Å². The average Bonchev–Trinajstić information content (AvgIpc) is 2.74. The van der Waals surface area contributed by atoms with Crippen LogP contribution >= 0.6 is 24.0 Å². The Bertz CT molecular complexity index is 661. The quantitative estimate of drug-likeness (QED) is 0.294. The predicted molar refractivity (Wildman–Crippen MR) is 137 cm³/mol. The molecule has 1 saturated heterocycles. The van der Waals surface area contributed by atoms with Crippen molar-refractivity contribution in [3.8, 4) is 11.5 Å². The van der Waals surface area contributed by atoms with Gasteiger partial charge in [0.1, 0.15) is 0 Å². The molecule has 0 radical (unpaired) electrons. The maximum absolute atomic E-state index is 5.48. The van der Waals surface area contributed by atoms with Crippen molar-refractivity contribution in [3.05, 3.63) is 23.3 Å². The molecule has 1 aromatic carbocycles. The molecule has 1 fully saturated rings. The molecule has 1 heterocycles. The number of benzene rings is 1. The van der Waals surface area contributed by atoms with Crippen LogP contribution in [-0.4, -0.2) is 69.8 Å². The summed E-state index contributed by atoms with van der Waals surface area (Å²) < 4.78 is 10.9. The molecule has 1 aliphatic heterocycles. The molecule has 172 valence electrons. The van der Waals surface area contributed by atoms with Crippen molar-refractivity contribution in [1.29, 1.82) is 0 Å². The highest BCUT2D eigenvalue weighted by atomic mass is 127. The van der Waals surface area contributed by atoms with Gasteiger partial charge in [-0.15, -0.1) is 24.0 Å². The minimum Gasteiger partial charge on any atom is -0.493 e. The molecule has 0 spiro atoms. The number of hydrogen-bond acceptors (Lipinski definition) is 4. The predicted octanol–water partition coefficient (Wildman–Crippen LogP) is 4.15. The molecule has 0 atom stereocenters. The molecular formula is C23H41IN4O2. The summed E-state index contributed by atoms with van der Waals surface area (Å²) in [5.74, 6) is 3.31. The van der Waals surface area contributed by atoms with Crippen LogP contribution in [0.1, 0.15) is 44.2 Å². The molecule has 0 amide bonds. The van der Waals surface area contributed by atoms with E-state index in [0.717, 1.165) is 43.0 Å². The number of piperidine rings is 1. The van der Waals surface area contributed by atoms with Crippen LogP contribution in [0.5, 0.6) is 11.5 Å². The number of hydrogen-bond donors (Lipinski definition) is 1. The summed E-state index contributed by atoms with van der Waals surface area (Å²) in [5.41, 5.74) is 2.40. The summed E-state index contributed by atoms with van der Waals surface area (Å²) in [7, 11) is 5.44. The zero-order valence-corrected chi connectivity index (χ0v) is 22.0. The van der Waals surface area contributed by atoms with E-state index in [0.29, 0.717) is 0 Å². The van der Waals surface area contributed by atoms with Gasteiger partial charge in [-0.2, -0.15) is 0 Å². The Morgan fingerprint density at radius 3 is 2.37 bits per heavy atom. The highest BCUT2D eigenvalue weighted by Gasteiger charge is 2.18. The first-order chi connectivity index (χ1) is 14.0. The Morgan fingerprint density at radius 1 is 1.17 bits per heavy atom. The minimum atomic E-state index is 0. The van der Waals surface area contributed by atoms with Crippen molar-refractivity contribution < 1.29 is 9.47 Å². The fourth-order valence-corrected chi connectivity index (χ4v) is 3.94. The topological polar surface area (TPSA) is 49.3 Å². The zero-order valence-electron chi connectivity index (χ0n) is 19.7. The average molecular weight is 533 g/mol. The summed E-state index contributed by atoms with van der Waals surface area (Å²) >= 11 is 0. The Kier molecular flexibility index (Phi) is 12.5. The van der Waals surface area contributed by atoms with Crippen LogP contribution in [0.2, 0.25) is 0 Å². The Morgan fingerprint density at radius 2 is 1.80 bits per heavy atom. The maximum Gasteiger partial charge on any atom is 0.193 e. The number of aliphatic imine (C=N–C) groups is 1. The van der Waals surface area contributed by atoms with Crippen LogP contribution in [0.3, 0.4) is 0 Å². The lowest BCUT2D eigenvalue weighted by Gasteiger charge is -2.30. The Hall–Kier alpha value is -1.22. The SMILES string of the molecule is CCNC(=NCCC1CCN(CC)CC1)N(C)Cc1cc(OC)c(OC)cc1C.I. The normalized spacial score (nSPS) is 15.5. The molecule has 0 unspecified atom stereocenters. The molecule has 1 N–H and O–H groups in total. The van der Waals surface area contributed by atoms with Crippen LogP contribution in [0.15, 0.2) is 17.1 Å². The first-order valence-electron chi connectivity index (χ1n) is 11.0. The number of halogens is 1. The first kappa shape index (κ1) is 26.8. The van der Waals surface area contributed by atoms with Gasteiger partial charge in [0.05, 0.1) is 14.2 Å². The van der Waals surface area contributed by atoms with Crippen molar-refractivity contribution in [2.75, 3.05) is 54.0 Å². The number of nitrogens with one attached hydrogen (secondary N) is 1. The largest absolute Gasteiger partial charge is 0.493 e. The van der Waals surface area contributed by atoms with Crippen LogP contribution in [0.4, 0.5) is 0 Å². The molecule has 6 nitrogen and oxygen atoms in total. The summed E-state index contributed by atoms with van der Waals surface area (Å²) in [6.07, 6.45) is 3.79. The van der Waals surface area contributed by atoms with Crippen LogP contribution in [-0.2, 0) is 6.54 Å². The molecule has 30 heavy (non-hydrogen) atoms. The molecule has 7 heteroatoms. The van der Waals surface area contributed by atoms with E-state index in [2.05, 4.69) is 49.0 Å². The van der Waals surface area contributed by atoms with Crippen molar-refractivity contribution >= 4 is 29.9 Å². The smallest absolute Gasteiger partial charge is 0.193 e. The second kappa shape index (κ2) is 14.0. The number of guanidine groups is 1. The molecular weight excluding hydrogens is 491 g/mol. The number of likely N-dealkylation sites (tertiary alicyclic amines) is 1. The second-order valence-electron chi connectivity index (χ2n) is 7.89. The first-order valence-corrected chi connectivity index (χ1v) is 11.0. The molecule has 0 saturated carbocycles. The maximum atomic E-state index is 5.48. The summed E-state index contributed by atoms with van der Waals surface area (Å²) in [6.45, 7) is 12.7. The third kappa shape index (κ3) is 7.80. The van der Waals surface area contributed by atoms with E-state index >= 15 is 0 Å². The van der Waals surface area contributed by atoms with Gasteiger partial charge >= 0.3 is 0 Å². The molecule has 2 rings (SSSR count). The lowest BCUT2D eigenvalue weighted by Crippen LogP contribution is -2.39. The van der Waals surface area contributed by atoms with Crippen molar-refractivity contribution in [2.24, 2.45) is 10.9 Å².